The van der Waals surface area contributed by atoms with Gasteiger partial charge in [-0.1, -0.05) is 0 Å². The van der Waals surface area contributed by atoms with E-state index in [0.29, 0.717) is 17.2 Å². The number of aromatic nitrogens is 2. The SMILES string of the molecule is COc1ccc(Oc2ccc(C(=O)N(C)C)nn2)cc1N. The molecule has 7 heteroatoms. The Kier molecular flexibility index (Phi) is 4.22. The molecule has 110 valence electrons. The van der Waals surface area contributed by atoms with E-state index in [2.05, 4.69) is 10.2 Å². The highest BCUT2D eigenvalue weighted by Crippen LogP contribution is 2.28. The van der Waals surface area contributed by atoms with Gasteiger partial charge in [-0.25, -0.2) is 0 Å². The van der Waals surface area contributed by atoms with E-state index in [1.807, 2.05) is 0 Å². The summed E-state index contributed by atoms with van der Waals surface area (Å²) in [6.45, 7) is 0. The summed E-state index contributed by atoms with van der Waals surface area (Å²) in [5, 5.41) is 7.69. The Morgan fingerprint density at radius 2 is 1.95 bits per heavy atom. The van der Waals surface area contributed by atoms with E-state index in [1.165, 1.54) is 12.0 Å². The Bertz CT molecular complexity index is 641. The van der Waals surface area contributed by atoms with Crippen LogP contribution in [-0.4, -0.2) is 42.2 Å². The van der Waals surface area contributed by atoms with Crippen LogP contribution in [0.1, 0.15) is 10.5 Å². The van der Waals surface area contributed by atoms with Crippen molar-refractivity contribution >= 4 is 11.6 Å². The third-order valence-corrected chi connectivity index (χ3v) is 2.69. The molecule has 21 heavy (non-hydrogen) atoms. The second-order valence-electron chi connectivity index (χ2n) is 4.46. The van der Waals surface area contributed by atoms with Gasteiger partial charge in [0.05, 0.1) is 12.8 Å². The lowest BCUT2D eigenvalue weighted by atomic mass is 10.3. The van der Waals surface area contributed by atoms with Gasteiger partial charge in [0.2, 0.25) is 5.88 Å². The van der Waals surface area contributed by atoms with Crippen molar-refractivity contribution in [2.24, 2.45) is 0 Å². The zero-order valence-electron chi connectivity index (χ0n) is 12.0. The molecule has 0 bridgehead atoms. The number of ether oxygens (including phenoxy) is 2. The minimum absolute atomic E-state index is 0.220. The number of rotatable bonds is 4. The van der Waals surface area contributed by atoms with Gasteiger partial charge in [-0.2, -0.15) is 0 Å². The second-order valence-corrected chi connectivity index (χ2v) is 4.46. The van der Waals surface area contributed by atoms with Crippen LogP contribution in [0.25, 0.3) is 0 Å². The molecule has 1 aromatic heterocycles. The maximum Gasteiger partial charge on any atom is 0.273 e. The predicted octanol–water partition coefficient (Wildman–Crippen LogP) is 1.56. The lowest BCUT2D eigenvalue weighted by Crippen LogP contribution is -2.23. The van der Waals surface area contributed by atoms with E-state index in [4.69, 9.17) is 15.2 Å². The van der Waals surface area contributed by atoms with Gasteiger partial charge >= 0.3 is 0 Å². The van der Waals surface area contributed by atoms with Crippen molar-refractivity contribution in [2.45, 2.75) is 0 Å². The number of nitrogens with zero attached hydrogens (tertiary/aromatic N) is 3. The van der Waals surface area contributed by atoms with Gasteiger partial charge in [0, 0.05) is 26.2 Å². The smallest absolute Gasteiger partial charge is 0.273 e. The fraction of sp³-hybridized carbons (Fsp3) is 0.214. The average Bonchev–Trinajstić information content (AvgIpc) is 2.47. The van der Waals surface area contributed by atoms with Crippen molar-refractivity contribution in [3.63, 3.8) is 0 Å². The van der Waals surface area contributed by atoms with Crippen LogP contribution in [0.2, 0.25) is 0 Å². The van der Waals surface area contributed by atoms with Crippen LogP contribution in [0, 0.1) is 0 Å². The maximum atomic E-state index is 11.7. The molecule has 2 rings (SSSR count). The Balaban J connectivity index is 2.13. The quantitative estimate of drug-likeness (QED) is 0.859. The summed E-state index contributed by atoms with van der Waals surface area (Å²) in [4.78, 5) is 13.1. The molecule has 0 radical (unpaired) electrons. The first-order valence-electron chi connectivity index (χ1n) is 6.18. The number of carbonyl (C=O) groups excluding carboxylic acids is 1. The van der Waals surface area contributed by atoms with Crippen molar-refractivity contribution in [1.29, 1.82) is 0 Å². The van der Waals surface area contributed by atoms with E-state index in [1.54, 1.807) is 44.4 Å². The van der Waals surface area contributed by atoms with Gasteiger partial charge in [0.25, 0.3) is 5.91 Å². The molecular formula is C14H16N4O3. The monoisotopic (exact) mass is 288 g/mol. The molecule has 2 N–H and O–H groups in total. The molecule has 2 aromatic rings. The fourth-order valence-electron chi connectivity index (χ4n) is 1.61. The van der Waals surface area contributed by atoms with Crippen LogP contribution in [0.5, 0.6) is 17.4 Å². The highest BCUT2D eigenvalue weighted by atomic mass is 16.5. The Morgan fingerprint density at radius 1 is 1.19 bits per heavy atom. The number of hydrogen-bond acceptors (Lipinski definition) is 6. The highest BCUT2D eigenvalue weighted by Gasteiger charge is 2.11. The van der Waals surface area contributed by atoms with E-state index < -0.39 is 0 Å². The van der Waals surface area contributed by atoms with Crippen LogP contribution in [0.15, 0.2) is 30.3 Å². The van der Waals surface area contributed by atoms with Crippen molar-refractivity contribution in [3.05, 3.63) is 36.0 Å². The first-order valence-corrected chi connectivity index (χ1v) is 6.18. The standard InChI is InChI=1S/C14H16N4O3/c1-18(2)14(19)11-5-7-13(17-16-11)21-9-4-6-12(20-3)10(15)8-9/h4-8H,15H2,1-3H3. The number of anilines is 1. The van der Waals surface area contributed by atoms with Crippen molar-refractivity contribution < 1.29 is 14.3 Å². The lowest BCUT2D eigenvalue weighted by molar-refractivity contribution is 0.0820. The van der Waals surface area contributed by atoms with Crippen LogP contribution >= 0.6 is 0 Å². The zero-order chi connectivity index (χ0) is 15.4. The molecule has 0 aliphatic rings. The number of hydrogen-bond donors (Lipinski definition) is 1. The zero-order valence-corrected chi connectivity index (χ0v) is 12.0. The first kappa shape index (κ1) is 14.6. The number of carbonyl (C=O) groups is 1. The van der Waals surface area contributed by atoms with Crippen LogP contribution < -0.4 is 15.2 Å². The summed E-state index contributed by atoms with van der Waals surface area (Å²) < 4.78 is 10.6. The van der Waals surface area contributed by atoms with E-state index in [0.717, 1.165) is 0 Å². The first-order chi connectivity index (χ1) is 10.0. The minimum Gasteiger partial charge on any atom is -0.495 e. The molecule has 0 aliphatic carbocycles. The molecule has 1 heterocycles. The second kappa shape index (κ2) is 6.08. The topological polar surface area (TPSA) is 90.6 Å². The van der Waals surface area contributed by atoms with Crippen LogP contribution in [0.4, 0.5) is 5.69 Å². The van der Waals surface area contributed by atoms with Gasteiger partial charge in [-0.3, -0.25) is 4.79 Å². The summed E-state index contributed by atoms with van der Waals surface area (Å²) in [6.07, 6.45) is 0. The van der Waals surface area contributed by atoms with E-state index >= 15 is 0 Å². The fourth-order valence-corrected chi connectivity index (χ4v) is 1.61. The normalized spacial score (nSPS) is 10.0. The number of methoxy groups -OCH3 is 1. The number of amides is 1. The molecule has 0 saturated heterocycles. The Labute approximate surface area is 122 Å². The summed E-state index contributed by atoms with van der Waals surface area (Å²) >= 11 is 0. The van der Waals surface area contributed by atoms with Crippen LogP contribution in [-0.2, 0) is 0 Å². The number of benzene rings is 1. The molecule has 0 saturated carbocycles. The summed E-state index contributed by atoms with van der Waals surface area (Å²) in [5.74, 6) is 1.13. The minimum atomic E-state index is -0.220. The highest BCUT2D eigenvalue weighted by molar-refractivity contribution is 5.91. The van der Waals surface area contributed by atoms with Gasteiger partial charge in [-0.15, -0.1) is 10.2 Å². The van der Waals surface area contributed by atoms with Gasteiger partial charge in [0.1, 0.15) is 11.5 Å². The molecular weight excluding hydrogens is 272 g/mol. The predicted molar refractivity (Wildman–Crippen MR) is 77.5 cm³/mol. The molecule has 7 nitrogen and oxygen atoms in total. The molecule has 0 atom stereocenters. The maximum absolute atomic E-state index is 11.7. The van der Waals surface area contributed by atoms with Gasteiger partial charge in [-0.05, 0) is 18.2 Å². The molecule has 1 aromatic carbocycles. The number of nitrogens with two attached hydrogens (primary N) is 1. The number of nitrogen functional groups attached to an aromatic ring is 1. The van der Waals surface area contributed by atoms with Gasteiger partial charge < -0.3 is 20.1 Å². The van der Waals surface area contributed by atoms with Crippen molar-refractivity contribution in [1.82, 2.24) is 15.1 Å². The van der Waals surface area contributed by atoms with E-state index in [9.17, 15) is 4.79 Å². The average molecular weight is 288 g/mol. The molecule has 0 unspecified atom stereocenters. The third kappa shape index (κ3) is 3.38. The molecule has 0 aliphatic heterocycles. The molecule has 0 spiro atoms. The Morgan fingerprint density at radius 3 is 2.48 bits per heavy atom. The summed E-state index contributed by atoms with van der Waals surface area (Å²) in [5.41, 5.74) is 6.50. The molecule has 0 fully saturated rings. The van der Waals surface area contributed by atoms with Gasteiger partial charge in [0.15, 0.2) is 5.69 Å². The van der Waals surface area contributed by atoms with E-state index in [-0.39, 0.29) is 17.5 Å². The van der Waals surface area contributed by atoms with Crippen LogP contribution in [0.3, 0.4) is 0 Å². The molecule has 1 amide bonds. The summed E-state index contributed by atoms with van der Waals surface area (Å²) in [7, 11) is 4.83. The third-order valence-electron chi connectivity index (χ3n) is 2.69. The largest absolute Gasteiger partial charge is 0.495 e. The Hall–Kier alpha value is -2.83. The summed E-state index contributed by atoms with van der Waals surface area (Å²) in [6, 6.07) is 8.15. The van der Waals surface area contributed by atoms with Crippen molar-refractivity contribution in [2.75, 3.05) is 26.9 Å². The lowest BCUT2D eigenvalue weighted by Gasteiger charge is -2.10. The van der Waals surface area contributed by atoms with Crippen molar-refractivity contribution in [3.8, 4) is 17.4 Å².